The van der Waals surface area contributed by atoms with Crippen molar-refractivity contribution < 1.29 is 15.0 Å². The van der Waals surface area contributed by atoms with Gasteiger partial charge in [-0.2, -0.15) is 0 Å². The first kappa shape index (κ1) is 15.5. The molecule has 0 heterocycles. The van der Waals surface area contributed by atoms with E-state index in [4.69, 9.17) is 33.3 Å². The van der Waals surface area contributed by atoms with E-state index < -0.39 is 5.97 Å². The number of carboxylic acid groups (broad SMARTS) is 1. The van der Waals surface area contributed by atoms with Crippen LogP contribution in [0.1, 0.15) is 24.2 Å². The summed E-state index contributed by atoms with van der Waals surface area (Å²) < 4.78 is 0. The van der Waals surface area contributed by atoms with E-state index in [2.05, 4.69) is 0 Å². The van der Waals surface area contributed by atoms with Gasteiger partial charge in [0.25, 0.3) is 0 Å². The third-order valence-electron chi connectivity index (χ3n) is 1.74. The first-order valence-corrected chi connectivity index (χ1v) is 5.36. The number of halogens is 1. The SMILES string of the molecule is CC(C)CO.Nc1cc(C(=O)O)cc(N)c1Cl. The van der Waals surface area contributed by atoms with Crippen molar-refractivity contribution in [2.24, 2.45) is 5.92 Å². The third-order valence-corrected chi connectivity index (χ3v) is 2.18. The van der Waals surface area contributed by atoms with E-state index in [0.29, 0.717) is 12.5 Å². The summed E-state index contributed by atoms with van der Waals surface area (Å²) in [7, 11) is 0. The van der Waals surface area contributed by atoms with Crippen LogP contribution in [0.3, 0.4) is 0 Å². The highest BCUT2D eigenvalue weighted by Gasteiger charge is 2.08. The Morgan fingerprint density at radius 2 is 1.71 bits per heavy atom. The molecule has 96 valence electrons. The van der Waals surface area contributed by atoms with Crippen molar-refractivity contribution in [3.8, 4) is 0 Å². The van der Waals surface area contributed by atoms with E-state index in [1.165, 1.54) is 12.1 Å². The minimum atomic E-state index is -1.08. The summed E-state index contributed by atoms with van der Waals surface area (Å²) in [6.45, 7) is 4.25. The predicted molar refractivity (Wildman–Crippen MR) is 69.2 cm³/mol. The molecule has 0 radical (unpaired) electrons. The number of aliphatic hydroxyl groups is 1. The molecule has 0 aromatic heterocycles. The molecule has 5 nitrogen and oxygen atoms in total. The van der Waals surface area contributed by atoms with Gasteiger partial charge in [0.15, 0.2) is 0 Å². The summed E-state index contributed by atoms with van der Waals surface area (Å²) >= 11 is 5.61. The van der Waals surface area contributed by atoms with Gasteiger partial charge in [-0.3, -0.25) is 0 Å². The zero-order valence-electron chi connectivity index (χ0n) is 9.77. The molecular weight excluding hydrogens is 244 g/mol. The van der Waals surface area contributed by atoms with Gasteiger partial charge in [0.05, 0.1) is 22.0 Å². The highest BCUT2D eigenvalue weighted by atomic mass is 35.5. The van der Waals surface area contributed by atoms with Crippen LogP contribution in [-0.2, 0) is 0 Å². The second-order valence-electron chi connectivity index (χ2n) is 3.85. The van der Waals surface area contributed by atoms with Gasteiger partial charge in [-0.1, -0.05) is 25.4 Å². The van der Waals surface area contributed by atoms with Gasteiger partial charge in [0.1, 0.15) is 0 Å². The maximum absolute atomic E-state index is 10.5. The van der Waals surface area contributed by atoms with Crippen LogP contribution in [0.15, 0.2) is 12.1 Å². The number of aliphatic hydroxyl groups excluding tert-OH is 1. The molecule has 1 aromatic carbocycles. The molecule has 17 heavy (non-hydrogen) atoms. The molecule has 6 N–H and O–H groups in total. The van der Waals surface area contributed by atoms with Crippen LogP contribution in [-0.4, -0.2) is 22.8 Å². The number of nitrogen functional groups attached to an aromatic ring is 2. The number of hydrogen-bond donors (Lipinski definition) is 4. The lowest BCUT2D eigenvalue weighted by atomic mass is 10.2. The molecule has 6 heteroatoms. The second-order valence-corrected chi connectivity index (χ2v) is 4.23. The molecule has 0 saturated heterocycles. The van der Waals surface area contributed by atoms with E-state index in [9.17, 15) is 4.79 Å². The Labute approximate surface area is 105 Å². The maximum atomic E-state index is 10.5. The topological polar surface area (TPSA) is 110 Å². The van der Waals surface area contributed by atoms with Crippen molar-refractivity contribution in [2.75, 3.05) is 18.1 Å². The number of nitrogens with two attached hydrogens (primary N) is 2. The minimum absolute atomic E-state index is 0.0365. The normalized spacial score (nSPS) is 9.71. The van der Waals surface area contributed by atoms with Crippen LogP contribution in [0.25, 0.3) is 0 Å². The molecule has 0 aliphatic carbocycles. The lowest BCUT2D eigenvalue weighted by Gasteiger charge is -2.03. The molecule has 0 bridgehead atoms. The Bertz CT molecular complexity index is 371. The zero-order chi connectivity index (χ0) is 13.6. The average molecular weight is 261 g/mol. The molecule has 0 saturated carbocycles. The predicted octanol–water partition coefficient (Wildman–Crippen LogP) is 1.84. The summed E-state index contributed by atoms with van der Waals surface area (Å²) in [4.78, 5) is 10.5. The van der Waals surface area contributed by atoms with Crippen LogP contribution in [0.4, 0.5) is 11.4 Å². The van der Waals surface area contributed by atoms with Gasteiger partial charge in [-0.05, 0) is 18.1 Å². The fourth-order valence-electron chi connectivity index (χ4n) is 0.794. The summed E-state index contributed by atoms with van der Waals surface area (Å²) in [6.07, 6.45) is 0. The second kappa shape index (κ2) is 6.98. The Morgan fingerprint density at radius 3 is 1.94 bits per heavy atom. The van der Waals surface area contributed by atoms with E-state index in [0.717, 1.165) is 0 Å². The van der Waals surface area contributed by atoms with Gasteiger partial charge in [0.2, 0.25) is 0 Å². The number of aromatic carboxylic acids is 1. The number of hydrogen-bond acceptors (Lipinski definition) is 4. The smallest absolute Gasteiger partial charge is 0.335 e. The minimum Gasteiger partial charge on any atom is -0.478 e. The van der Waals surface area contributed by atoms with E-state index in [1.807, 2.05) is 13.8 Å². The molecule has 0 fully saturated rings. The summed E-state index contributed by atoms with van der Waals surface area (Å²) in [6, 6.07) is 2.53. The zero-order valence-corrected chi connectivity index (χ0v) is 10.5. The maximum Gasteiger partial charge on any atom is 0.335 e. The molecule has 0 aliphatic heterocycles. The summed E-state index contributed by atoms with van der Waals surface area (Å²) in [5, 5.41) is 16.9. The van der Waals surface area contributed by atoms with Gasteiger partial charge < -0.3 is 21.7 Å². The lowest BCUT2D eigenvalue weighted by Crippen LogP contribution is -2.01. The number of carboxylic acids is 1. The molecule has 0 spiro atoms. The van der Waals surface area contributed by atoms with Crippen LogP contribution >= 0.6 is 11.6 Å². The molecule has 0 atom stereocenters. The lowest BCUT2D eigenvalue weighted by molar-refractivity contribution is 0.0697. The van der Waals surface area contributed by atoms with Crippen molar-refractivity contribution >= 4 is 28.9 Å². The fraction of sp³-hybridized carbons (Fsp3) is 0.364. The van der Waals surface area contributed by atoms with Gasteiger partial charge in [-0.15, -0.1) is 0 Å². The van der Waals surface area contributed by atoms with Crippen molar-refractivity contribution in [1.29, 1.82) is 0 Å². The molecule has 0 unspecified atom stereocenters. The first-order valence-electron chi connectivity index (χ1n) is 4.98. The van der Waals surface area contributed by atoms with Crippen molar-refractivity contribution in [3.05, 3.63) is 22.7 Å². The van der Waals surface area contributed by atoms with Gasteiger partial charge in [-0.25, -0.2) is 4.79 Å². The Morgan fingerprint density at radius 1 is 1.35 bits per heavy atom. The van der Waals surface area contributed by atoms with Crippen LogP contribution in [0.2, 0.25) is 5.02 Å². The highest BCUT2D eigenvalue weighted by molar-refractivity contribution is 6.35. The Kier molecular flexibility index (Phi) is 6.38. The molecule has 0 aliphatic rings. The van der Waals surface area contributed by atoms with Crippen molar-refractivity contribution in [3.63, 3.8) is 0 Å². The van der Waals surface area contributed by atoms with Crippen LogP contribution < -0.4 is 11.5 Å². The van der Waals surface area contributed by atoms with Crippen LogP contribution in [0.5, 0.6) is 0 Å². The number of rotatable bonds is 2. The molecule has 0 amide bonds. The third kappa shape index (κ3) is 5.42. The first-order chi connectivity index (χ1) is 7.79. The fourth-order valence-corrected chi connectivity index (χ4v) is 0.903. The molecule has 1 rings (SSSR count). The van der Waals surface area contributed by atoms with E-state index in [-0.39, 0.29) is 22.0 Å². The number of anilines is 2. The van der Waals surface area contributed by atoms with Gasteiger partial charge in [0, 0.05) is 6.61 Å². The van der Waals surface area contributed by atoms with Crippen LogP contribution in [0, 0.1) is 5.92 Å². The average Bonchev–Trinajstić information content (AvgIpc) is 2.25. The summed E-state index contributed by atoms with van der Waals surface area (Å²) in [5.41, 5.74) is 11.2. The Hall–Kier alpha value is -1.46. The van der Waals surface area contributed by atoms with Crippen molar-refractivity contribution in [1.82, 2.24) is 0 Å². The number of benzene rings is 1. The van der Waals surface area contributed by atoms with Gasteiger partial charge >= 0.3 is 5.97 Å². The monoisotopic (exact) mass is 260 g/mol. The quantitative estimate of drug-likeness (QED) is 0.607. The van der Waals surface area contributed by atoms with Crippen molar-refractivity contribution in [2.45, 2.75) is 13.8 Å². The molecule has 1 aromatic rings. The highest BCUT2D eigenvalue weighted by Crippen LogP contribution is 2.27. The van der Waals surface area contributed by atoms with E-state index >= 15 is 0 Å². The largest absolute Gasteiger partial charge is 0.478 e. The number of carbonyl (C=O) groups is 1. The molecular formula is C11H17ClN2O3. The summed E-state index contributed by atoms with van der Waals surface area (Å²) in [5.74, 6) is -0.639. The Balaban J connectivity index is 0.000000437. The van der Waals surface area contributed by atoms with E-state index in [1.54, 1.807) is 0 Å². The standard InChI is InChI=1S/C7H7ClN2O2.C4H10O/c8-6-4(9)1-3(7(11)12)2-5(6)10;1-4(2)3-5/h1-2H,9-10H2,(H,11,12);4-5H,3H2,1-2H3.